The molecule has 0 saturated heterocycles. The minimum absolute atomic E-state index is 0.0696. The van der Waals surface area contributed by atoms with Gasteiger partial charge in [-0.05, 0) is 37.6 Å². The molecule has 0 aliphatic carbocycles. The molecule has 0 aliphatic heterocycles. The molecule has 0 aliphatic rings. The number of halogens is 1. The molecule has 1 heterocycles. The fraction of sp³-hybridized carbons (Fsp3) is 0.333. The van der Waals surface area contributed by atoms with Crippen LogP contribution in [-0.2, 0) is 24.2 Å². The lowest BCUT2D eigenvalue weighted by Crippen LogP contribution is -2.11. The molecule has 0 spiro atoms. The molecule has 3 nitrogen and oxygen atoms in total. The predicted molar refractivity (Wildman–Crippen MR) is 71.5 cm³/mol. The first kappa shape index (κ1) is 13.5. The number of carbonyl (C=O) groups excluding carboxylic acids is 1. The zero-order chi connectivity index (χ0) is 13.8. The average molecular weight is 260 g/mol. The topological polar surface area (TPSA) is 34.9 Å². The highest BCUT2D eigenvalue weighted by Crippen LogP contribution is 2.09. The van der Waals surface area contributed by atoms with Crippen molar-refractivity contribution in [3.63, 3.8) is 0 Å². The molecule has 0 radical (unpaired) electrons. The largest absolute Gasteiger partial charge is 0.299 e. The molecule has 0 unspecified atom stereocenters. The van der Waals surface area contributed by atoms with Gasteiger partial charge in [0.15, 0.2) is 0 Å². The number of carbonyl (C=O) groups is 1. The summed E-state index contributed by atoms with van der Waals surface area (Å²) in [4.78, 5) is 12.0. The molecule has 100 valence electrons. The monoisotopic (exact) mass is 260 g/mol. The molecular weight excluding hydrogens is 243 g/mol. The quantitative estimate of drug-likeness (QED) is 0.828. The van der Waals surface area contributed by atoms with E-state index in [2.05, 4.69) is 5.10 Å². The summed E-state index contributed by atoms with van der Waals surface area (Å²) in [6, 6.07) is 8.10. The van der Waals surface area contributed by atoms with E-state index in [1.165, 1.54) is 12.1 Å². The zero-order valence-electron chi connectivity index (χ0n) is 11.2. The van der Waals surface area contributed by atoms with Crippen LogP contribution in [0.25, 0.3) is 0 Å². The highest BCUT2D eigenvalue weighted by atomic mass is 19.1. The number of ketones is 1. The molecule has 0 saturated carbocycles. The van der Waals surface area contributed by atoms with E-state index in [4.69, 9.17) is 0 Å². The highest BCUT2D eigenvalue weighted by Gasteiger charge is 2.10. The summed E-state index contributed by atoms with van der Waals surface area (Å²) in [7, 11) is 0. The number of rotatable bonds is 5. The summed E-state index contributed by atoms with van der Waals surface area (Å²) in [5.74, 6) is -0.236. The SMILES string of the molecule is CCn1nc(C)cc1CC(=O)Cc1cccc(F)c1. The van der Waals surface area contributed by atoms with Gasteiger partial charge in [0.2, 0.25) is 0 Å². The van der Waals surface area contributed by atoms with Crippen LogP contribution in [-0.4, -0.2) is 15.6 Å². The van der Waals surface area contributed by atoms with E-state index >= 15 is 0 Å². The van der Waals surface area contributed by atoms with Gasteiger partial charge in [-0.3, -0.25) is 9.48 Å². The summed E-state index contributed by atoms with van der Waals surface area (Å²) in [6.45, 7) is 4.65. The van der Waals surface area contributed by atoms with Crippen LogP contribution in [0.3, 0.4) is 0 Å². The van der Waals surface area contributed by atoms with Crippen LogP contribution in [0.1, 0.15) is 23.9 Å². The van der Waals surface area contributed by atoms with Crippen molar-refractivity contribution in [3.8, 4) is 0 Å². The van der Waals surface area contributed by atoms with Gasteiger partial charge < -0.3 is 0 Å². The lowest BCUT2D eigenvalue weighted by molar-refractivity contribution is -0.117. The summed E-state index contributed by atoms with van der Waals surface area (Å²) >= 11 is 0. The number of aryl methyl sites for hydroxylation is 2. The smallest absolute Gasteiger partial charge is 0.143 e. The summed E-state index contributed by atoms with van der Waals surface area (Å²) in [5.41, 5.74) is 2.54. The van der Waals surface area contributed by atoms with Gasteiger partial charge in [0.05, 0.1) is 5.69 Å². The maximum atomic E-state index is 13.0. The van der Waals surface area contributed by atoms with Crippen molar-refractivity contribution in [2.75, 3.05) is 0 Å². The van der Waals surface area contributed by atoms with Crippen LogP contribution < -0.4 is 0 Å². The van der Waals surface area contributed by atoms with Gasteiger partial charge in [-0.25, -0.2) is 4.39 Å². The Balaban J connectivity index is 2.05. The normalized spacial score (nSPS) is 10.7. The van der Waals surface area contributed by atoms with Crippen LogP contribution in [0.2, 0.25) is 0 Å². The van der Waals surface area contributed by atoms with E-state index in [0.717, 1.165) is 17.9 Å². The second kappa shape index (κ2) is 5.78. The molecule has 0 amide bonds. The van der Waals surface area contributed by atoms with E-state index in [9.17, 15) is 9.18 Å². The Morgan fingerprint density at radius 1 is 1.32 bits per heavy atom. The van der Waals surface area contributed by atoms with Crippen LogP contribution in [0.5, 0.6) is 0 Å². The van der Waals surface area contributed by atoms with Crippen LogP contribution in [0, 0.1) is 12.7 Å². The van der Waals surface area contributed by atoms with Crippen LogP contribution in [0.15, 0.2) is 30.3 Å². The fourth-order valence-electron chi connectivity index (χ4n) is 2.15. The molecule has 0 atom stereocenters. The highest BCUT2D eigenvalue weighted by molar-refractivity contribution is 5.82. The van der Waals surface area contributed by atoms with E-state index in [-0.39, 0.29) is 18.0 Å². The van der Waals surface area contributed by atoms with Crippen LogP contribution >= 0.6 is 0 Å². The Morgan fingerprint density at radius 3 is 2.79 bits per heavy atom. The minimum atomic E-state index is -0.306. The van der Waals surface area contributed by atoms with Gasteiger partial charge >= 0.3 is 0 Å². The second-order valence-corrected chi connectivity index (χ2v) is 4.61. The number of nitrogens with zero attached hydrogens (tertiary/aromatic N) is 2. The number of Topliss-reactive ketones (excluding diaryl/α,β-unsaturated/α-hetero) is 1. The number of aromatic nitrogens is 2. The van der Waals surface area contributed by atoms with E-state index in [1.54, 1.807) is 12.1 Å². The minimum Gasteiger partial charge on any atom is -0.299 e. The predicted octanol–water partition coefficient (Wildman–Crippen LogP) is 2.70. The fourth-order valence-corrected chi connectivity index (χ4v) is 2.15. The van der Waals surface area contributed by atoms with Gasteiger partial charge in [-0.2, -0.15) is 5.10 Å². The van der Waals surface area contributed by atoms with Gasteiger partial charge in [-0.1, -0.05) is 12.1 Å². The second-order valence-electron chi connectivity index (χ2n) is 4.61. The van der Waals surface area contributed by atoms with E-state index in [0.29, 0.717) is 12.0 Å². The van der Waals surface area contributed by atoms with Crippen molar-refractivity contribution in [2.45, 2.75) is 33.2 Å². The maximum Gasteiger partial charge on any atom is 0.143 e. The summed E-state index contributed by atoms with van der Waals surface area (Å²) in [5, 5.41) is 4.31. The van der Waals surface area contributed by atoms with Gasteiger partial charge in [0, 0.05) is 25.1 Å². The number of hydrogen-bond acceptors (Lipinski definition) is 2. The van der Waals surface area contributed by atoms with Crippen molar-refractivity contribution in [3.05, 3.63) is 53.1 Å². The molecule has 19 heavy (non-hydrogen) atoms. The zero-order valence-corrected chi connectivity index (χ0v) is 11.2. The summed E-state index contributed by atoms with van der Waals surface area (Å²) in [6.07, 6.45) is 0.594. The van der Waals surface area contributed by atoms with Crippen molar-refractivity contribution < 1.29 is 9.18 Å². The molecular formula is C15H17FN2O. The van der Waals surface area contributed by atoms with Crippen LogP contribution in [0.4, 0.5) is 4.39 Å². The van der Waals surface area contributed by atoms with Gasteiger partial charge in [-0.15, -0.1) is 0 Å². The van der Waals surface area contributed by atoms with E-state index < -0.39 is 0 Å². The van der Waals surface area contributed by atoms with Crippen molar-refractivity contribution >= 4 is 5.78 Å². The maximum absolute atomic E-state index is 13.0. The third-order valence-corrected chi connectivity index (χ3v) is 2.95. The molecule has 1 aromatic carbocycles. The number of hydrogen-bond donors (Lipinski definition) is 0. The van der Waals surface area contributed by atoms with Crippen molar-refractivity contribution in [1.82, 2.24) is 9.78 Å². The lowest BCUT2D eigenvalue weighted by Gasteiger charge is -2.04. The first-order chi connectivity index (χ1) is 9.08. The Morgan fingerprint density at radius 2 is 2.11 bits per heavy atom. The first-order valence-electron chi connectivity index (χ1n) is 6.38. The van der Waals surface area contributed by atoms with Crippen molar-refractivity contribution in [1.29, 1.82) is 0 Å². The standard InChI is InChI=1S/C15H17FN2O/c1-3-18-14(7-11(2)17-18)10-15(19)9-12-5-4-6-13(16)8-12/h4-8H,3,9-10H2,1-2H3. The van der Waals surface area contributed by atoms with Crippen molar-refractivity contribution in [2.24, 2.45) is 0 Å². The summed E-state index contributed by atoms with van der Waals surface area (Å²) < 4.78 is 14.9. The Hall–Kier alpha value is -1.97. The Kier molecular flexibility index (Phi) is 4.10. The lowest BCUT2D eigenvalue weighted by atomic mass is 10.1. The third kappa shape index (κ3) is 3.50. The molecule has 2 aromatic rings. The van der Waals surface area contributed by atoms with E-state index in [1.807, 2.05) is 24.6 Å². The molecule has 2 rings (SSSR count). The molecule has 0 fully saturated rings. The van der Waals surface area contributed by atoms with Gasteiger partial charge in [0.25, 0.3) is 0 Å². The third-order valence-electron chi connectivity index (χ3n) is 2.95. The molecule has 0 N–H and O–H groups in total. The Bertz CT molecular complexity index is 590. The Labute approximate surface area is 112 Å². The number of benzene rings is 1. The van der Waals surface area contributed by atoms with Gasteiger partial charge in [0.1, 0.15) is 11.6 Å². The first-order valence-corrected chi connectivity index (χ1v) is 6.38. The average Bonchev–Trinajstić information content (AvgIpc) is 2.69. The molecule has 4 heteroatoms. The molecule has 1 aromatic heterocycles. The molecule has 0 bridgehead atoms.